The van der Waals surface area contributed by atoms with Gasteiger partial charge in [0.05, 0.1) is 36.8 Å². The van der Waals surface area contributed by atoms with Crippen LogP contribution in [0, 0.1) is 47.9 Å². The minimum absolute atomic E-state index is 0.1000. The summed E-state index contributed by atoms with van der Waals surface area (Å²) >= 11 is 3.07. The van der Waals surface area contributed by atoms with Gasteiger partial charge in [-0.05, 0) is 107 Å². The van der Waals surface area contributed by atoms with E-state index in [1.165, 1.54) is 11.3 Å². The van der Waals surface area contributed by atoms with Gasteiger partial charge in [-0.15, -0.1) is 22.7 Å². The number of carboxylic acid groups (broad SMARTS) is 1. The maximum Gasteiger partial charge on any atom is 0.335 e. The Morgan fingerprint density at radius 1 is 0.661 bits per heavy atom. The van der Waals surface area contributed by atoms with Crippen LogP contribution in [-0.4, -0.2) is 42.3 Å². The molecule has 2 heterocycles. The maximum atomic E-state index is 12.3. The summed E-state index contributed by atoms with van der Waals surface area (Å²) in [5.74, 6) is -1.06. The molecule has 6 rings (SSSR count). The number of aryl methyl sites for hydroxylation is 4. The van der Waals surface area contributed by atoms with E-state index in [9.17, 15) is 29.8 Å². The number of aromatic nitrogens is 2. The highest BCUT2D eigenvalue weighted by Gasteiger charge is 2.18. The molecule has 0 saturated heterocycles. The van der Waals surface area contributed by atoms with Crippen molar-refractivity contribution in [2.45, 2.75) is 66.8 Å². The lowest BCUT2D eigenvalue weighted by Gasteiger charge is -2.20. The van der Waals surface area contributed by atoms with Crippen LogP contribution in [0.4, 0.5) is 11.4 Å². The number of hydrogen-bond donors (Lipinski definition) is 2. The van der Waals surface area contributed by atoms with Gasteiger partial charge in [-0.2, -0.15) is 0 Å². The van der Waals surface area contributed by atoms with E-state index in [1.54, 1.807) is 73.7 Å². The molecule has 0 aliphatic rings. The van der Waals surface area contributed by atoms with Gasteiger partial charge in [0.15, 0.2) is 0 Å². The number of carbonyl (C=O) groups is 2. The average molecular weight is 792 g/mol. The van der Waals surface area contributed by atoms with Crippen LogP contribution in [0.1, 0.15) is 84.9 Å². The molecule has 0 aliphatic heterocycles. The molecule has 1 amide bonds. The second-order valence-corrected chi connectivity index (χ2v) is 16.3. The lowest BCUT2D eigenvalue weighted by Crippen LogP contribution is -2.40. The Morgan fingerprint density at radius 2 is 1.05 bits per heavy atom. The van der Waals surface area contributed by atoms with E-state index in [2.05, 4.69) is 10.3 Å². The Balaban J connectivity index is 0.000000216. The number of nitro benzene ring substituents is 2. The Labute approximate surface area is 332 Å². The maximum absolute atomic E-state index is 12.3. The molecule has 0 bridgehead atoms. The molecule has 0 radical (unpaired) electrons. The van der Waals surface area contributed by atoms with Crippen molar-refractivity contribution in [3.05, 3.63) is 158 Å². The number of carboxylic acids is 1. The van der Waals surface area contributed by atoms with Crippen molar-refractivity contribution in [1.29, 1.82) is 0 Å². The largest absolute Gasteiger partial charge is 0.478 e. The molecule has 288 valence electrons. The first-order valence-electron chi connectivity index (χ1n) is 17.5. The van der Waals surface area contributed by atoms with E-state index in [4.69, 9.17) is 10.1 Å². The van der Waals surface area contributed by atoms with Gasteiger partial charge in [0.2, 0.25) is 0 Å². The molecule has 12 nitrogen and oxygen atoms in total. The van der Waals surface area contributed by atoms with E-state index in [-0.39, 0.29) is 38.2 Å². The van der Waals surface area contributed by atoms with Crippen molar-refractivity contribution < 1.29 is 24.5 Å². The zero-order chi connectivity index (χ0) is 40.9. The molecular weight excluding hydrogens is 751 g/mol. The number of benzene rings is 4. The highest BCUT2D eigenvalue weighted by atomic mass is 32.1. The van der Waals surface area contributed by atoms with Crippen LogP contribution in [0.3, 0.4) is 0 Å². The number of thiazole rings is 2. The second kappa shape index (κ2) is 17.1. The van der Waals surface area contributed by atoms with E-state index in [0.717, 1.165) is 54.8 Å². The number of nitrogens with one attached hydrogen (secondary N) is 1. The highest BCUT2D eigenvalue weighted by Crippen LogP contribution is 2.30. The zero-order valence-electron chi connectivity index (χ0n) is 32.0. The lowest BCUT2D eigenvalue weighted by atomic mass is 10.0. The Kier molecular flexibility index (Phi) is 12.6. The molecule has 4 aromatic carbocycles. The summed E-state index contributed by atoms with van der Waals surface area (Å²) < 4.78 is 0. The molecule has 0 spiro atoms. The van der Waals surface area contributed by atoms with Gasteiger partial charge in [-0.3, -0.25) is 25.0 Å². The molecule has 0 aliphatic carbocycles. The number of amides is 1. The summed E-state index contributed by atoms with van der Waals surface area (Å²) in [4.78, 5) is 54.0. The Hall–Kier alpha value is -6.12. The van der Waals surface area contributed by atoms with Crippen LogP contribution in [-0.2, 0) is 12.8 Å². The molecular formula is C42H41N5O7S2. The van der Waals surface area contributed by atoms with Gasteiger partial charge in [0.25, 0.3) is 17.3 Å². The Morgan fingerprint density at radius 3 is 1.41 bits per heavy atom. The monoisotopic (exact) mass is 791 g/mol. The SMILES string of the molecule is Cc1cc([N+](=O)[O-])c(C)cc1Cc1nc(-c2ccc(C(=O)NC(C)(C)C)cc2)cs1.Cc1cc([N+](=O)[O-])c(C)cc1Cc1nc(-c2ccc(C(=O)O)cc2)cs1. The molecule has 6 aromatic rings. The summed E-state index contributed by atoms with van der Waals surface area (Å²) in [7, 11) is 0. The number of rotatable bonds is 10. The molecule has 0 saturated carbocycles. The van der Waals surface area contributed by atoms with E-state index in [0.29, 0.717) is 29.5 Å². The average Bonchev–Trinajstić information content (AvgIpc) is 3.80. The first-order valence-corrected chi connectivity index (χ1v) is 19.3. The van der Waals surface area contributed by atoms with Crippen molar-refractivity contribution in [2.75, 3.05) is 0 Å². The molecule has 0 fully saturated rings. The zero-order valence-corrected chi connectivity index (χ0v) is 33.6. The van der Waals surface area contributed by atoms with Crippen LogP contribution in [0.5, 0.6) is 0 Å². The molecule has 2 N–H and O–H groups in total. The van der Waals surface area contributed by atoms with Crippen LogP contribution in [0.15, 0.2) is 83.6 Å². The Bertz CT molecular complexity index is 2430. The molecule has 2 aromatic heterocycles. The van der Waals surface area contributed by atoms with Crippen molar-refractivity contribution in [3.8, 4) is 22.5 Å². The van der Waals surface area contributed by atoms with Gasteiger partial charge in [0.1, 0.15) is 0 Å². The minimum atomic E-state index is -0.959. The van der Waals surface area contributed by atoms with Gasteiger partial charge in [-0.1, -0.05) is 24.3 Å². The lowest BCUT2D eigenvalue weighted by molar-refractivity contribution is -0.385. The fourth-order valence-corrected chi connectivity index (χ4v) is 7.51. The molecule has 56 heavy (non-hydrogen) atoms. The second-order valence-electron chi connectivity index (χ2n) is 14.4. The highest BCUT2D eigenvalue weighted by molar-refractivity contribution is 7.10. The molecule has 0 unspecified atom stereocenters. The van der Waals surface area contributed by atoms with Crippen molar-refractivity contribution in [2.24, 2.45) is 0 Å². The molecule has 14 heteroatoms. The van der Waals surface area contributed by atoms with Crippen LogP contribution >= 0.6 is 22.7 Å². The summed E-state index contributed by atoms with van der Waals surface area (Å²) in [5, 5.41) is 39.8. The van der Waals surface area contributed by atoms with Gasteiger partial charge in [0, 0.05) is 69.1 Å². The predicted molar refractivity (Wildman–Crippen MR) is 220 cm³/mol. The third-order valence-electron chi connectivity index (χ3n) is 8.85. The van der Waals surface area contributed by atoms with Crippen molar-refractivity contribution in [3.63, 3.8) is 0 Å². The normalized spacial score (nSPS) is 11.1. The fraction of sp³-hybridized carbons (Fsp3) is 0.238. The van der Waals surface area contributed by atoms with Crippen LogP contribution in [0.25, 0.3) is 22.5 Å². The molecule has 0 atom stereocenters. The standard InChI is InChI=1S/C23H25N3O3S.C19H16N2O4S/c1-14-11-20(26(28)29)15(2)10-18(14)12-21-24-19(13-30-21)16-6-8-17(9-7-16)22(27)25-23(3,4)5;1-11-8-17(21(24)25)12(2)7-15(11)9-18-20-16(10-26-18)13-3-5-14(6-4-13)19(22)23/h6-11,13H,12H2,1-5H3,(H,25,27);3-8,10H,9H2,1-2H3,(H,22,23). The van der Waals surface area contributed by atoms with Gasteiger partial charge < -0.3 is 10.4 Å². The summed E-state index contributed by atoms with van der Waals surface area (Å²) in [6.45, 7) is 13.1. The van der Waals surface area contributed by atoms with Crippen molar-refractivity contribution >= 4 is 45.9 Å². The third kappa shape index (κ3) is 10.3. The van der Waals surface area contributed by atoms with Gasteiger partial charge in [-0.25, -0.2) is 14.8 Å². The van der Waals surface area contributed by atoms with Crippen LogP contribution < -0.4 is 5.32 Å². The van der Waals surface area contributed by atoms with Crippen molar-refractivity contribution in [1.82, 2.24) is 15.3 Å². The summed E-state index contributed by atoms with van der Waals surface area (Å²) in [6, 6.07) is 20.9. The quantitative estimate of drug-likeness (QED) is 0.101. The van der Waals surface area contributed by atoms with Crippen LogP contribution in [0.2, 0.25) is 0 Å². The number of nitro groups is 2. The smallest absolute Gasteiger partial charge is 0.335 e. The third-order valence-corrected chi connectivity index (χ3v) is 10.5. The minimum Gasteiger partial charge on any atom is -0.478 e. The summed E-state index contributed by atoms with van der Waals surface area (Å²) in [6.07, 6.45) is 1.23. The number of carbonyl (C=O) groups excluding carboxylic acids is 1. The topological polar surface area (TPSA) is 178 Å². The van der Waals surface area contributed by atoms with E-state index < -0.39 is 5.97 Å². The summed E-state index contributed by atoms with van der Waals surface area (Å²) in [5.41, 5.74) is 9.37. The number of hydrogen-bond acceptors (Lipinski definition) is 10. The number of aromatic carboxylic acids is 1. The first kappa shape index (κ1) is 41.1. The van der Waals surface area contributed by atoms with E-state index in [1.807, 2.05) is 69.6 Å². The van der Waals surface area contributed by atoms with Gasteiger partial charge >= 0.3 is 5.97 Å². The first-order chi connectivity index (χ1) is 26.4. The fourth-order valence-electron chi connectivity index (χ4n) is 5.86. The number of nitrogens with zero attached hydrogens (tertiary/aromatic N) is 4. The van der Waals surface area contributed by atoms with E-state index >= 15 is 0 Å². The predicted octanol–water partition coefficient (Wildman–Crippen LogP) is 10.1.